The standard InChI is InChI=1S/C21H22O5/c1-9-6-10(2)14(11(3)7-9)16-18(22)15-13-8-12(20(24)25-5)21(4,26-13)17(15)19(16)23/h6-8,13,15,17,23H,1-5H3/t13-,15?,17?,21+/m0/s1. The second kappa shape index (κ2) is 5.30. The second-order valence-corrected chi connectivity index (χ2v) is 7.66. The molecule has 1 aromatic rings. The van der Waals surface area contributed by atoms with Gasteiger partial charge in [0.1, 0.15) is 11.4 Å². The van der Waals surface area contributed by atoms with Crippen LogP contribution in [0.4, 0.5) is 0 Å². The number of ketones is 1. The number of carbonyl (C=O) groups excluding carboxylic acids is 2. The van der Waals surface area contributed by atoms with Gasteiger partial charge in [-0.1, -0.05) is 17.7 Å². The van der Waals surface area contributed by atoms with Crippen molar-refractivity contribution in [3.63, 3.8) is 0 Å². The fraction of sp³-hybridized carbons (Fsp3) is 0.429. The predicted octanol–water partition coefficient (Wildman–Crippen LogP) is 2.97. The molecule has 1 aromatic carbocycles. The Morgan fingerprint density at radius 2 is 1.85 bits per heavy atom. The number of hydrogen-bond donors (Lipinski definition) is 1. The van der Waals surface area contributed by atoms with Gasteiger partial charge in [-0.3, -0.25) is 4.79 Å². The summed E-state index contributed by atoms with van der Waals surface area (Å²) in [6.45, 7) is 7.65. The Kier molecular flexibility index (Phi) is 3.47. The highest BCUT2D eigenvalue weighted by Crippen LogP contribution is 2.59. The molecule has 4 rings (SSSR count). The number of hydrogen-bond acceptors (Lipinski definition) is 5. The minimum absolute atomic E-state index is 0.0227. The summed E-state index contributed by atoms with van der Waals surface area (Å²) in [5, 5.41) is 11.1. The van der Waals surface area contributed by atoms with Gasteiger partial charge >= 0.3 is 5.97 Å². The summed E-state index contributed by atoms with van der Waals surface area (Å²) in [5.41, 5.74) is 3.51. The fourth-order valence-electron chi connectivity index (χ4n) is 5.05. The Morgan fingerprint density at radius 1 is 1.23 bits per heavy atom. The lowest BCUT2D eigenvalue weighted by molar-refractivity contribution is -0.138. The first-order chi connectivity index (χ1) is 12.2. The lowest BCUT2D eigenvalue weighted by Gasteiger charge is -2.29. The van der Waals surface area contributed by atoms with Crippen molar-refractivity contribution in [2.45, 2.75) is 39.4 Å². The number of carbonyl (C=O) groups is 2. The Hall–Kier alpha value is -2.40. The summed E-state index contributed by atoms with van der Waals surface area (Å²) in [6.07, 6.45) is 1.16. The van der Waals surface area contributed by atoms with Gasteiger partial charge in [0, 0.05) is 0 Å². The third kappa shape index (κ3) is 1.95. The van der Waals surface area contributed by atoms with Gasteiger partial charge in [-0.2, -0.15) is 0 Å². The van der Waals surface area contributed by atoms with Crippen LogP contribution in [0.1, 0.15) is 29.2 Å². The minimum Gasteiger partial charge on any atom is -0.511 e. The summed E-state index contributed by atoms with van der Waals surface area (Å²) in [6, 6.07) is 4.02. The Balaban J connectivity index is 1.87. The molecule has 0 aromatic heterocycles. The van der Waals surface area contributed by atoms with Gasteiger partial charge in [-0.15, -0.1) is 0 Å². The first kappa shape index (κ1) is 17.0. The smallest absolute Gasteiger partial charge is 0.336 e. The molecule has 0 spiro atoms. The minimum atomic E-state index is -1.05. The van der Waals surface area contributed by atoms with Gasteiger partial charge in [-0.25, -0.2) is 4.79 Å². The van der Waals surface area contributed by atoms with Crippen LogP contribution in [0, 0.1) is 32.6 Å². The monoisotopic (exact) mass is 354 g/mol. The van der Waals surface area contributed by atoms with Crippen LogP contribution in [0.25, 0.3) is 5.57 Å². The Labute approximate surface area is 152 Å². The number of aryl methyl sites for hydroxylation is 3. The molecule has 136 valence electrons. The summed E-state index contributed by atoms with van der Waals surface area (Å²) >= 11 is 0. The molecule has 4 atom stereocenters. The number of methoxy groups -OCH3 is 1. The highest BCUT2D eigenvalue weighted by Gasteiger charge is 2.66. The van der Waals surface area contributed by atoms with E-state index >= 15 is 0 Å². The van der Waals surface area contributed by atoms with E-state index in [0.29, 0.717) is 11.1 Å². The van der Waals surface area contributed by atoms with Crippen molar-refractivity contribution in [1.29, 1.82) is 0 Å². The predicted molar refractivity (Wildman–Crippen MR) is 95.6 cm³/mol. The zero-order valence-electron chi connectivity index (χ0n) is 15.5. The zero-order valence-corrected chi connectivity index (χ0v) is 15.5. The van der Waals surface area contributed by atoms with Crippen molar-refractivity contribution in [3.8, 4) is 0 Å². The zero-order chi connectivity index (χ0) is 19.0. The van der Waals surface area contributed by atoms with E-state index in [-0.39, 0.29) is 11.5 Å². The molecule has 5 nitrogen and oxygen atoms in total. The lowest BCUT2D eigenvalue weighted by Crippen LogP contribution is -2.40. The molecule has 26 heavy (non-hydrogen) atoms. The number of benzene rings is 1. The number of fused-ring (bicyclic) bond motifs is 5. The topological polar surface area (TPSA) is 72.8 Å². The molecule has 0 saturated carbocycles. The maximum absolute atomic E-state index is 13.2. The Morgan fingerprint density at radius 3 is 2.42 bits per heavy atom. The van der Waals surface area contributed by atoms with Crippen LogP contribution in [0.5, 0.6) is 0 Å². The van der Waals surface area contributed by atoms with Crippen LogP contribution in [0.15, 0.2) is 29.5 Å². The summed E-state index contributed by atoms with van der Waals surface area (Å²) < 4.78 is 10.8. The van der Waals surface area contributed by atoms with Crippen molar-refractivity contribution in [3.05, 3.63) is 51.8 Å². The molecule has 2 bridgehead atoms. The number of aliphatic hydroxyl groups is 1. The normalized spacial score (nSPS) is 32.1. The lowest BCUT2D eigenvalue weighted by atomic mass is 9.73. The molecule has 0 radical (unpaired) electrons. The van der Waals surface area contributed by atoms with Gasteiger partial charge in [0.05, 0.1) is 36.2 Å². The van der Waals surface area contributed by atoms with E-state index in [2.05, 4.69) is 0 Å². The second-order valence-electron chi connectivity index (χ2n) is 7.66. The van der Waals surface area contributed by atoms with E-state index in [4.69, 9.17) is 9.47 Å². The number of allylic oxidation sites excluding steroid dienone is 1. The summed E-state index contributed by atoms with van der Waals surface area (Å²) in [4.78, 5) is 25.4. The highest BCUT2D eigenvalue weighted by molar-refractivity contribution is 6.26. The van der Waals surface area contributed by atoms with Gasteiger partial charge in [0.25, 0.3) is 0 Å². The molecule has 5 heteroatoms. The van der Waals surface area contributed by atoms with E-state index in [9.17, 15) is 14.7 Å². The summed E-state index contributed by atoms with van der Waals surface area (Å²) in [5.74, 6) is -1.63. The molecule has 2 aliphatic heterocycles. The fourth-order valence-corrected chi connectivity index (χ4v) is 5.05. The number of rotatable bonds is 2. The molecule has 1 saturated heterocycles. The summed E-state index contributed by atoms with van der Waals surface area (Å²) in [7, 11) is 1.32. The van der Waals surface area contributed by atoms with Gasteiger partial charge in [-0.05, 0) is 50.5 Å². The van der Waals surface area contributed by atoms with Gasteiger partial charge < -0.3 is 14.6 Å². The van der Waals surface area contributed by atoms with E-state index in [1.54, 1.807) is 13.0 Å². The number of ether oxygens (including phenoxy) is 2. The van der Waals surface area contributed by atoms with Crippen LogP contribution in [-0.2, 0) is 19.1 Å². The molecule has 2 heterocycles. The molecular weight excluding hydrogens is 332 g/mol. The van der Waals surface area contributed by atoms with Crippen LogP contribution < -0.4 is 0 Å². The van der Waals surface area contributed by atoms with Crippen LogP contribution in [0.2, 0.25) is 0 Å². The Bertz CT molecular complexity index is 899. The van der Waals surface area contributed by atoms with Gasteiger partial charge in [0.15, 0.2) is 5.78 Å². The van der Waals surface area contributed by atoms with Crippen LogP contribution >= 0.6 is 0 Å². The average molecular weight is 354 g/mol. The molecular formula is C21H22O5. The third-order valence-electron chi connectivity index (χ3n) is 5.99. The first-order valence-electron chi connectivity index (χ1n) is 8.74. The largest absolute Gasteiger partial charge is 0.511 e. The van der Waals surface area contributed by atoms with E-state index < -0.39 is 29.5 Å². The van der Waals surface area contributed by atoms with Crippen molar-refractivity contribution >= 4 is 17.3 Å². The highest BCUT2D eigenvalue weighted by atomic mass is 16.5. The number of esters is 1. The van der Waals surface area contributed by atoms with Crippen molar-refractivity contribution in [2.75, 3.05) is 7.11 Å². The average Bonchev–Trinajstić information content (AvgIpc) is 3.14. The van der Waals surface area contributed by atoms with E-state index in [1.165, 1.54) is 7.11 Å². The molecule has 1 fully saturated rings. The van der Waals surface area contributed by atoms with Crippen molar-refractivity contribution < 1.29 is 24.2 Å². The number of aliphatic hydroxyl groups excluding tert-OH is 1. The quantitative estimate of drug-likeness (QED) is 0.827. The van der Waals surface area contributed by atoms with E-state index in [0.717, 1.165) is 22.3 Å². The number of Topliss-reactive ketones (excluding diaryl/α,β-unsaturated/α-hetero) is 1. The molecule has 2 unspecified atom stereocenters. The third-order valence-corrected chi connectivity index (χ3v) is 5.99. The molecule has 1 N–H and O–H groups in total. The molecule has 1 aliphatic carbocycles. The SMILES string of the molecule is COC(=O)C1=C[C@@H]2O[C@@]1(C)C1C(O)=C(c3c(C)cc(C)cc3C)C(=O)C12. The maximum Gasteiger partial charge on any atom is 0.336 e. The van der Waals surface area contributed by atoms with Gasteiger partial charge in [0.2, 0.25) is 0 Å². The van der Waals surface area contributed by atoms with Crippen molar-refractivity contribution in [1.82, 2.24) is 0 Å². The first-order valence-corrected chi connectivity index (χ1v) is 8.74. The molecule has 0 amide bonds. The van der Waals surface area contributed by atoms with Crippen molar-refractivity contribution in [2.24, 2.45) is 11.8 Å². The van der Waals surface area contributed by atoms with Crippen LogP contribution in [-0.4, -0.2) is 35.7 Å². The van der Waals surface area contributed by atoms with E-state index in [1.807, 2.05) is 32.9 Å². The van der Waals surface area contributed by atoms with Crippen LogP contribution in [0.3, 0.4) is 0 Å². The maximum atomic E-state index is 13.2. The molecule has 3 aliphatic rings.